The first-order valence-corrected chi connectivity index (χ1v) is 10.3. The Morgan fingerprint density at radius 1 is 1.17 bits per heavy atom. The number of hydrogen-bond acceptors (Lipinski definition) is 4. The highest BCUT2D eigenvalue weighted by Gasteiger charge is 2.32. The van der Waals surface area contributed by atoms with Crippen molar-refractivity contribution in [3.63, 3.8) is 0 Å². The minimum Gasteiger partial charge on any atom is -0.483 e. The maximum atomic E-state index is 13.1. The number of piperazine rings is 1. The zero-order valence-corrected chi connectivity index (χ0v) is 18.1. The van der Waals surface area contributed by atoms with Crippen molar-refractivity contribution in [1.82, 2.24) is 9.80 Å². The smallest absolute Gasteiger partial charge is 0.260 e. The summed E-state index contributed by atoms with van der Waals surface area (Å²) in [6.07, 6.45) is 0.712. The van der Waals surface area contributed by atoms with Gasteiger partial charge in [0.1, 0.15) is 11.6 Å². The topological polar surface area (TPSA) is 49.9 Å². The molecule has 1 aliphatic heterocycles. The van der Waals surface area contributed by atoms with Crippen LogP contribution in [0.3, 0.4) is 0 Å². The van der Waals surface area contributed by atoms with E-state index in [2.05, 4.69) is 27.8 Å². The van der Waals surface area contributed by atoms with Gasteiger partial charge in [0.05, 0.1) is 5.56 Å². The van der Waals surface area contributed by atoms with Gasteiger partial charge >= 0.3 is 0 Å². The Morgan fingerprint density at radius 3 is 2.59 bits per heavy atom. The van der Waals surface area contributed by atoms with Gasteiger partial charge in [-0.1, -0.05) is 28.1 Å². The minimum absolute atomic E-state index is 0.0261. The molecule has 0 aliphatic carbocycles. The molecule has 7 heteroatoms. The van der Waals surface area contributed by atoms with Crippen LogP contribution in [0.15, 0.2) is 46.9 Å². The van der Waals surface area contributed by atoms with Crippen molar-refractivity contribution < 1.29 is 18.7 Å². The summed E-state index contributed by atoms with van der Waals surface area (Å²) >= 11 is 3.31. The van der Waals surface area contributed by atoms with Crippen molar-refractivity contribution in [3.8, 4) is 5.75 Å². The van der Waals surface area contributed by atoms with Crippen LogP contribution in [0, 0.1) is 5.82 Å². The average molecular weight is 463 g/mol. The lowest BCUT2D eigenvalue weighted by Gasteiger charge is -2.44. The molecule has 29 heavy (non-hydrogen) atoms. The number of hydrogen-bond donors (Lipinski definition) is 0. The van der Waals surface area contributed by atoms with Crippen molar-refractivity contribution in [2.45, 2.75) is 32.5 Å². The van der Waals surface area contributed by atoms with E-state index in [-0.39, 0.29) is 30.4 Å². The Bertz CT molecular complexity index is 875. The van der Waals surface area contributed by atoms with E-state index in [0.29, 0.717) is 30.7 Å². The molecule has 1 saturated heterocycles. The molecule has 1 heterocycles. The molecule has 1 aliphatic rings. The normalized spacial score (nSPS) is 19.8. The fourth-order valence-corrected chi connectivity index (χ4v) is 3.93. The summed E-state index contributed by atoms with van der Waals surface area (Å²) < 4.78 is 19.5. The van der Waals surface area contributed by atoms with Crippen LogP contribution in [0.4, 0.5) is 4.39 Å². The maximum Gasteiger partial charge on any atom is 0.260 e. The van der Waals surface area contributed by atoms with Gasteiger partial charge < -0.3 is 9.64 Å². The summed E-state index contributed by atoms with van der Waals surface area (Å²) in [7, 11) is 0. The summed E-state index contributed by atoms with van der Waals surface area (Å²) in [5.41, 5.74) is 1.45. The molecule has 3 rings (SSSR count). The van der Waals surface area contributed by atoms with Gasteiger partial charge in [-0.15, -0.1) is 0 Å². The van der Waals surface area contributed by atoms with Gasteiger partial charge in [0, 0.05) is 36.2 Å². The van der Waals surface area contributed by atoms with Crippen LogP contribution >= 0.6 is 15.9 Å². The Kier molecular flexibility index (Phi) is 7.03. The first-order valence-electron chi connectivity index (χ1n) is 9.53. The second-order valence-electron chi connectivity index (χ2n) is 7.39. The molecular weight excluding hydrogens is 439 g/mol. The lowest BCUT2D eigenvalue weighted by atomic mass is 10.1. The van der Waals surface area contributed by atoms with E-state index in [0.717, 1.165) is 16.6 Å². The highest BCUT2D eigenvalue weighted by atomic mass is 79.9. The Morgan fingerprint density at radius 2 is 1.90 bits per heavy atom. The average Bonchev–Trinajstić information content (AvgIpc) is 2.70. The fraction of sp³-hybridized carbons (Fsp3) is 0.364. The maximum absolute atomic E-state index is 13.1. The lowest BCUT2D eigenvalue weighted by molar-refractivity contribution is -0.139. The third kappa shape index (κ3) is 5.42. The van der Waals surface area contributed by atoms with Crippen molar-refractivity contribution >= 4 is 28.1 Å². The second kappa shape index (κ2) is 9.50. The number of carbonyl (C=O) groups excluding carboxylic acids is 2. The van der Waals surface area contributed by atoms with E-state index >= 15 is 0 Å². The third-order valence-corrected chi connectivity index (χ3v) is 5.68. The Hall–Kier alpha value is -2.25. The van der Waals surface area contributed by atoms with Crippen LogP contribution in [0.2, 0.25) is 0 Å². The SMILES string of the molecule is CC1CN(C(=O)COc2ccc(Br)cc2C=O)C(C)CN1Cc1ccc(F)cc1. The number of rotatable bonds is 6. The molecule has 2 aromatic rings. The monoisotopic (exact) mass is 462 g/mol. The standard InChI is InChI=1S/C22H24BrFN2O3/c1-15-11-26(16(2)10-25(15)12-17-3-6-20(24)7-4-17)22(28)14-29-21-8-5-19(23)9-18(21)13-27/h3-9,13,15-16H,10-12,14H2,1-2H3. The number of halogens is 2. The molecule has 2 unspecified atom stereocenters. The molecule has 154 valence electrons. The molecule has 0 aromatic heterocycles. The zero-order chi connectivity index (χ0) is 21.0. The van der Waals surface area contributed by atoms with Gasteiger partial charge in [-0.25, -0.2) is 4.39 Å². The van der Waals surface area contributed by atoms with Crippen LogP contribution in [0.5, 0.6) is 5.75 Å². The molecular formula is C22H24BrFN2O3. The highest BCUT2D eigenvalue weighted by Crippen LogP contribution is 2.23. The van der Waals surface area contributed by atoms with Crippen LogP contribution < -0.4 is 4.74 Å². The molecule has 5 nitrogen and oxygen atoms in total. The van der Waals surface area contributed by atoms with Crippen LogP contribution in [0.1, 0.15) is 29.8 Å². The largest absolute Gasteiger partial charge is 0.483 e. The van der Waals surface area contributed by atoms with E-state index < -0.39 is 0 Å². The van der Waals surface area contributed by atoms with Crippen molar-refractivity contribution in [1.29, 1.82) is 0 Å². The van der Waals surface area contributed by atoms with Gasteiger partial charge in [-0.05, 0) is 49.7 Å². The van der Waals surface area contributed by atoms with Crippen LogP contribution in [-0.4, -0.2) is 53.8 Å². The number of nitrogens with zero attached hydrogens (tertiary/aromatic N) is 2. The summed E-state index contributed by atoms with van der Waals surface area (Å²) in [4.78, 5) is 28.1. The quantitative estimate of drug-likeness (QED) is 0.610. The van der Waals surface area contributed by atoms with Gasteiger partial charge in [0.25, 0.3) is 5.91 Å². The van der Waals surface area contributed by atoms with E-state index in [4.69, 9.17) is 4.74 Å². The number of ether oxygens (including phenoxy) is 1. The molecule has 1 amide bonds. The number of aldehydes is 1. The highest BCUT2D eigenvalue weighted by molar-refractivity contribution is 9.10. The number of benzene rings is 2. The fourth-order valence-electron chi connectivity index (χ4n) is 3.56. The molecule has 2 aromatic carbocycles. The van der Waals surface area contributed by atoms with Crippen LogP contribution in [0.25, 0.3) is 0 Å². The van der Waals surface area contributed by atoms with E-state index in [9.17, 15) is 14.0 Å². The first kappa shape index (κ1) is 21.5. The van der Waals surface area contributed by atoms with Crippen LogP contribution in [-0.2, 0) is 11.3 Å². The second-order valence-corrected chi connectivity index (χ2v) is 8.30. The molecule has 2 atom stereocenters. The number of amides is 1. The summed E-state index contributed by atoms with van der Waals surface area (Å²) in [6, 6.07) is 11.8. The molecule has 0 saturated carbocycles. The van der Waals surface area contributed by atoms with E-state index in [1.54, 1.807) is 30.3 Å². The third-order valence-electron chi connectivity index (χ3n) is 5.18. The first-order chi connectivity index (χ1) is 13.9. The summed E-state index contributed by atoms with van der Waals surface area (Å²) in [6.45, 7) is 6.00. The predicted octanol–water partition coefficient (Wildman–Crippen LogP) is 3.90. The van der Waals surface area contributed by atoms with E-state index in [1.165, 1.54) is 12.1 Å². The van der Waals surface area contributed by atoms with Gasteiger partial charge in [0.15, 0.2) is 12.9 Å². The molecule has 1 fully saturated rings. The summed E-state index contributed by atoms with van der Waals surface area (Å²) in [5, 5.41) is 0. The van der Waals surface area contributed by atoms with Crippen molar-refractivity contribution in [2.75, 3.05) is 19.7 Å². The Balaban J connectivity index is 1.58. The Labute approximate surface area is 178 Å². The van der Waals surface area contributed by atoms with E-state index in [1.807, 2.05) is 11.8 Å². The lowest BCUT2D eigenvalue weighted by Crippen LogP contribution is -2.58. The summed E-state index contributed by atoms with van der Waals surface area (Å²) in [5.74, 6) is 0.0480. The van der Waals surface area contributed by atoms with Gasteiger partial charge in [0.2, 0.25) is 0 Å². The zero-order valence-electron chi connectivity index (χ0n) is 16.5. The predicted molar refractivity (Wildman–Crippen MR) is 112 cm³/mol. The molecule has 0 N–H and O–H groups in total. The van der Waals surface area contributed by atoms with Crippen molar-refractivity contribution in [3.05, 3.63) is 63.9 Å². The van der Waals surface area contributed by atoms with Crippen molar-refractivity contribution in [2.24, 2.45) is 0 Å². The van der Waals surface area contributed by atoms with Gasteiger partial charge in [-0.2, -0.15) is 0 Å². The molecule has 0 radical (unpaired) electrons. The molecule has 0 spiro atoms. The van der Waals surface area contributed by atoms with Gasteiger partial charge in [-0.3, -0.25) is 14.5 Å². The molecule has 0 bridgehead atoms. The minimum atomic E-state index is -0.242. The number of carbonyl (C=O) groups is 2.